The predicted molar refractivity (Wildman–Crippen MR) is 54.9 cm³/mol. The van der Waals surface area contributed by atoms with Crippen molar-refractivity contribution >= 4 is 22.9 Å². The molecule has 0 aliphatic carbocycles. The number of H-pyrrole nitrogens is 1. The standard InChI is InChI=1S/C11H8FNO2/c12-8-2-3-9-7(1-4-11(14)15)6-13-10(9)5-8/h1-6,13H,(H,14,15)/b4-1+. The number of hydrogen-bond acceptors (Lipinski definition) is 1. The molecule has 0 spiro atoms. The lowest BCUT2D eigenvalue weighted by Gasteiger charge is -1.91. The van der Waals surface area contributed by atoms with Gasteiger partial charge in [0.2, 0.25) is 0 Å². The van der Waals surface area contributed by atoms with Crippen LogP contribution in [0.15, 0.2) is 30.5 Å². The van der Waals surface area contributed by atoms with Crippen LogP contribution < -0.4 is 0 Å². The van der Waals surface area contributed by atoms with E-state index in [1.54, 1.807) is 12.3 Å². The highest BCUT2D eigenvalue weighted by Crippen LogP contribution is 2.20. The van der Waals surface area contributed by atoms with Gasteiger partial charge in [-0.2, -0.15) is 0 Å². The maximum absolute atomic E-state index is 12.8. The van der Waals surface area contributed by atoms with Crippen LogP contribution in [0, 0.1) is 5.82 Å². The number of nitrogens with one attached hydrogen (secondary N) is 1. The van der Waals surface area contributed by atoms with Crippen molar-refractivity contribution in [2.24, 2.45) is 0 Å². The second kappa shape index (κ2) is 3.57. The number of carboxylic acid groups (broad SMARTS) is 1. The van der Waals surface area contributed by atoms with Crippen molar-refractivity contribution in [2.45, 2.75) is 0 Å². The van der Waals surface area contributed by atoms with E-state index in [0.29, 0.717) is 5.52 Å². The van der Waals surface area contributed by atoms with Crippen LogP contribution in [0.5, 0.6) is 0 Å². The first-order valence-electron chi connectivity index (χ1n) is 4.34. The molecule has 0 fully saturated rings. The molecule has 0 radical (unpaired) electrons. The lowest BCUT2D eigenvalue weighted by molar-refractivity contribution is -0.131. The van der Waals surface area contributed by atoms with Crippen molar-refractivity contribution in [3.05, 3.63) is 41.9 Å². The fraction of sp³-hybridized carbons (Fsp3) is 0. The Hall–Kier alpha value is -2.10. The zero-order valence-electron chi connectivity index (χ0n) is 7.70. The van der Waals surface area contributed by atoms with E-state index in [4.69, 9.17) is 5.11 Å². The van der Waals surface area contributed by atoms with Crippen LogP contribution in [0.4, 0.5) is 4.39 Å². The Morgan fingerprint density at radius 2 is 2.27 bits per heavy atom. The second-order valence-electron chi connectivity index (χ2n) is 3.11. The minimum atomic E-state index is -1.01. The summed E-state index contributed by atoms with van der Waals surface area (Å²) < 4.78 is 12.8. The molecule has 2 N–H and O–H groups in total. The number of benzene rings is 1. The number of halogens is 1. The van der Waals surface area contributed by atoms with Gasteiger partial charge in [0.15, 0.2) is 0 Å². The number of rotatable bonds is 2. The van der Waals surface area contributed by atoms with Gasteiger partial charge in [-0.05, 0) is 24.3 Å². The zero-order valence-corrected chi connectivity index (χ0v) is 7.70. The Bertz CT molecular complexity index is 543. The first kappa shape index (κ1) is 9.45. The smallest absolute Gasteiger partial charge is 0.328 e. The summed E-state index contributed by atoms with van der Waals surface area (Å²) in [4.78, 5) is 13.2. The zero-order chi connectivity index (χ0) is 10.8. The van der Waals surface area contributed by atoms with Gasteiger partial charge in [0, 0.05) is 28.7 Å². The summed E-state index contributed by atoms with van der Waals surface area (Å²) in [5.74, 6) is -1.33. The minimum Gasteiger partial charge on any atom is -0.478 e. The summed E-state index contributed by atoms with van der Waals surface area (Å²) in [5.41, 5.74) is 1.38. The van der Waals surface area contributed by atoms with Gasteiger partial charge in [0.05, 0.1) is 0 Å². The molecule has 0 atom stereocenters. The van der Waals surface area contributed by atoms with Crippen LogP contribution in [-0.2, 0) is 4.79 Å². The lowest BCUT2D eigenvalue weighted by atomic mass is 10.1. The van der Waals surface area contributed by atoms with Crippen LogP contribution in [0.1, 0.15) is 5.56 Å². The van der Waals surface area contributed by atoms with Crippen molar-refractivity contribution < 1.29 is 14.3 Å². The Kier molecular flexibility index (Phi) is 2.25. The topological polar surface area (TPSA) is 53.1 Å². The molecule has 0 aliphatic heterocycles. The maximum atomic E-state index is 12.8. The third kappa shape index (κ3) is 1.88. The summed E-state index contributed by atoms with van der Waals surface area (Å²) in [7, 11) is 0. The fourth-order valence-corrected chi connectivity index (χ4v) is 1.42. The van der Waals surface area contributed by atoms with E-state index >= 15 is 0 Å². The first-order chi connectivity index (χ1) is 7.16. The fourth-order valence-electron chi connectivity index (χ4n) is 1.42. The average Bonchev–Trinajstić information content (AvgIpc) is 2.57. The molecular weight excluding hydrogens is 197 g/mol. The van der Waals surface area contributed by atoms with E-state index in [2.05, 4.69) is 4.98 Å². The van der Waals surface area contributed by atoms with Crippen LogP contribution in [0.3, 0.4) is 0 Å². The van der Waals surface area contributed by atoms with E-state index in [0.717, 1.165) is 17.0 Å². The highest BCUT2D eigenvalue weighted by atomic mass is 19.1. The van der Waals surface area contributed by atoms with Crippen molar-refractivity contribution in [3.63, 3.8) is 0 Å². The molecule has 2 rings (SSSR count). The SMILES string of the molecule is O=C(O)/C=C/c1c[nH]c2cc(F)ccc12. The van der Waals surface area contributed by atoms with E-state index in [9.17, 15) is 9.18 Å². The van der Waals surface area contributed by atoms with Gasteiger partial charge in [0.25, 0.3) is 0 Å². The molecule has 0 amide bonds. The van der Waals surface area contributed by atoms with E-state index in [1.165, 1.54) is 18.2 Å². The van der Waals surface area contributed by atoms with Gasteiger partial charge in [0.1, 0.15) is 5.82 Å². The molecule has 1 aromatic carbocycles. The molecule has 0 bridgehead atoms. The number of hydrogen-bond donors (Lipinski definition) is 2. The number of aromatic nitrogens is 1. The van der Waals surface area contributed by atoms with Gasteiger partial charge >= 0.3 is 5.97 Å². The highest BCUT2D eigenvalue weighted by molar-refractivity contribution is 5.93. The lowest BCUT2D eigenvalue weighted by Crippen LogP contribution is -1.85. The van der Waals surface area contributed by atoms with Crippen LogP contribution in [-0.4, -0.2) is 16.1 Å². The summed E-state index contributed by atoms with van der Waals surface area (Å²) >= 11 is 0. The summed E-state index contributed by atoms with van der Waals surface area (Å²) in [6.07, 6.45) is 4.16. The van der Waals surface area contributed by atoms with Crippen LogP contribution >= 0.6 is 0 Å². The number of aromatic amines is 1. The number of fused-ring (bicyclic) bond motifs is 1. The van der Waals surface area contributed by atoms with Crippen molar-refractivity contribution in [1.82, 2.24) is 4.98 Å². The Labute approximate surface area is 84.8 Å². The van der Waals surface area contributed by atoms with Gasteiger partial charge in [-0.3, -0.25) is 0 Å². The van der Waals surface area contributed by atoms with Gasteiger partial charge in [-0.1, -0.05) is 0 Å². The first-order valence-corrected chi connectivity index (χ1v) is 4.34. The molecule has 0 aliphatic rings. The second-order valence-corrected chi connectivity index (χ2v) is 3.11. The number of carbonyl (C=O) groups is 1. The molecule has 2 aromatic rings. The largest absolute Gasteiger partial charge is 0.478 e. The van der Waals surface area contributed by atoms with Crippen molar-refractivity contribution in [1.29, 1.82) is 0 Å². The molecule has 1 aromatic heterocycles. The minimum absolute atomic E-state index is 0.321. The van der Waals surface area contributed by atoms with Crippen LogP contribution in [0.2, 0.25) is 0 Å². The average molecular weight is 205 g/mol. The van der Waals surface area contributed by atoms with Gasteiger partial charge < -0.3 is 10.1 Å². The maximum Gasteiger partial charge on any atom is 0.328 e. The Morgan fingerprint density at radius 3 is 3.00 bits per heavy atom. The van der Waals surface area contributed by atoms with E-state index < -0.39 is 5.97 Å². The highest BCUT2D eigenvalue weighted by Gasteiger charge is 2.01. The van der Waals surface area contributed by atoms with Gasteiger partial charge in [-0.25, -0.2) is 9.18 Å². The molecule has 0 unspecified atom stereocenters. The molecule has 3 nitrogen and oxygen atoms in total. The monoisotopic (exact) mass is 205 g/mol. The number of aliphatic carboxylic acids is 1. The Balaban J connectivity index is 2.50. The third-order valence-corrected chi connectivity index (χ3v) is 2.08. The van der Waals surface area contributed by atoms with E-state index in [1.807, 2.05) is 0 Å². The molecular formula is C11H8FNO2. The normalized spacial score (nSPS) is 11.3. The molecule has 4 heteroatoms. The predicted octanol–water partition coefficient (Wildman–Crippen LogP) is 2.40. The van der Waals surface area contributed by atoms with Crippen molar-refractivity contribution in [3.8, 4) is 0 Å². The third-order valence-electron chi connectivity index (χ3n) is 2.08. The van der Waals surface area contributed by atoms with Crippen molar-refractivity contribution in [2.75, 3.05) is 0 Å². The van der Waals surface area contributed by atoms with Gasteiger partial charge in [-0.15, -0.1) is 0 Å². The summed E-state index contributed by atoms with van der Waals surface area (Å²) in [6.45, 7) is 0. The van der Waals surface area contributed by atoms with Crippen LogP contribution in [0.25, 0.3) is 17.0 Å². The molecule has 15 heavy (non-hydrogen) atoms. The molecule has 1 heterocycles. The Morgan fingerprint density at radius 1 is 1.47 bits per heavy atom. The quantitative estimate of drug-likeness (QED) is 0.739. The molecule has 0 saturated heterocycles. The summed E-state index contributed by atoms with van der Waals surface area (Å²) in [5, 5.41) is 9.27. The number of carboxylic acids is 1. The molecule has 76 valence electrons. The van der Waals surface area contributed by atoms with E-state index in [-0.39, 0.29) is 5.82 Å². The summed E-state index contributed by atoms with van der Waals surface area (Å²) in [6, 6.07) is 4.32. The molecule has 0 saturated carbocycles.